The Hall–Kier alpha value is -1.90. The van der Waals surface area contributed by atoms with Crippen molar-refractivity contribution in [1.29, 1.82) is 0 Å². The average molecular weight is 703 g/mol. The molecule has 0 saturated heterocycles. The van der Waals surface area contributed by atoms with E-state index in [9.17, 15) is 0 Å². The highest BCUT2D eigenvalue weighted by atomic mass is 28.3. The van der Waals surface area contributed by atoms with E-state index >= 15 is 0 Å². The summed E-state index contributed by atoms with van der Waals surface area (Å²) in [6, 6.07) is 1.49. The van der Waals surface area contributed by atoms with Crippen LogP contribution in [0.25, 0.3) is 0 Å². The first-order chi connectivity index (χ1) is 24.8. The van der Waals surface area contributed by atoms with Gasteiger partial charge in [0.15, 0.2) is 0 Å². The first-order valence-electron chi connectivity index (χ1n) is 21.9. The Bertz CT molecular complexity index is 1370. The molecule has 0 aromatic heterocycles. The van der Waals surface area contributed by atoms with Crippen molar-refractivity contribution in [3.63, 3.8) is 0 Å². The van der Waals surface area contributed by atoms with E-state index in [-0.39, 0.29) is 5.60 Å². The predicted octanol–water partition coefficient (Wildman–Crippen LogP) is 13.5. The van der Waals surface area contributed by atoms with Crippen LogP contribution in [0.15, 0.2) is 96.2 Å². The van der Waals surface area contributed by atoms with Gasteiger partial charge < -0.3 is 4.74 Å². The molecule has 0 aliphatic heterocycles. The molecule has 8 aliphatic carbocycles. The fourth-order valence-corrected chi connectivity index (χ4v) is 20.3. The van der Waals surface area contributed by atoms with Gasteiger partial charge in [-0.05, 0) is 110 Å². The summed E-state index contributed by atoms with van der Waals surface area (Å²) in [7, 11) is -1.92. The predicted molar refractivity (Wildman–Crippen MR) is 220 cm³/mol. The first kappa shape index (κ1) is 36.1. The minimum absolute atomic E-state index is 0.0301. The zero-order valence-corrected chi connectivity index (χ0v) is 33.7. The van der Waals surface area contributed by atoms with Crippen molar-refractivity contribution in [2.75, 3.05) is 6.61 Å². The van der Waals surface area contributed by atoms with Gasteiger partial charge in [0, 0.05) is 6.61 Å². The van der Waals surface area contributed by atoms with Crippen LogP contribution in [0.2, 0.25) is 23.7 Å². The zero-order chi connectivity index (χ0) is 35.0. The monoisotopic (exact) mass is 703 g/mol. The van der Waals surface area contributed by atoms with E-state index in [1.165, 1.54) is 95.9 Å². The van der Waals surface area contributed by atoms with E-state index in [0.717, 1.165) is 29.5 Å². The molecule has 0 aromatic carbocycles. The van der Waals surface area contributed by atoms with E-state index in [2.05, 4.69) is 112 Å². The second-order valence-electron chi connectivity index (χ2n) is 19.8. The van der Waals surface area contributed by atoms with Crippen LogP contribution in [0, 0.1) is 59.2 Å². The number of hydrogen-bond donors (Lipinski definition) is 0. The molecule has 51 heavy (non-hydrogen) atoms. The van der Waals surface area contributed by atoms with Gasteiger partial charge in [-0.3, -0.25) is 0 Å². The van der Waals surface area contributed by atoms with Gasteiger partial charge in [0.05, 0.1) is 13.7 Å². The lowest BCUT2D eigenvalue weighted by molar-refractivity contribution is -0.00471. The van der Waals surface area contributed by atoms with Crippen LogP contribution in [0.3, 0.4) is 0 Å². The standard InChI is InChI=1S/C49H70OSi/c1-49(2,3)50-29-15-5-6-16-30-51(4,47-43-23-13-11-21-39(43)41-27-25-37(33-45(41)47)31-35-17-7-8-18-35)48-44-24-14-12-22-40(44)42-28-26-38(34-46(42)48)32-36-19-9-10-20-36/h11-14,21-28,33-36,39-48H,5-10,15-20,29-32H2,1-4H3. The lowest BCUT2D eigenvalue weighted by atomic mass is 9.80. The molecule has 2 heteroatoms. The molecule has 4 fully saturated rings. The third-order valence-electron chi connectivity index (χ3n) is 15.4. The molecule has 276 valence electrons. The SMILES string of the molecule is CC(C)(C)OCCCCCC[Si](C)(C1C2C=CC=CC2C2C=CC(CC3CCCC3)=CC21)C1C2C=CC=CC2C2C=CC(CC3CCCC3)=CC21. The fraction of sp³-hybridized carbons (Fsp3) is 0.673. The number of rotatable bonds is 13. The topological polar surface area (TPSA) is 9.23 Å². The minimum Gasteiger partial charge on any atom is -0.376 e. The van der Waals surface area contributed by atoms with Gasteiger partial charge in [0.25, 0.3) is 0 Å². The molecule has 1 nitrogen and oxygen atoms in total. The molecule has 0 aromatic rings. The normalized spacial score (nSPS) is 38.0. The van der Waals surface area contributed by atoms with E-state index in [1.54, 1.807) is 11.1 Å². The van der Waals surface area contributed by atoms with Crippen molar-refractivity contribution < 1.29 is 4.74 Å². The van der Waals surface area contributed by atoms with E-state index < -0.39 is 8.07 Å². The Labute approximate surface area is 313 Å². The second kappa shape index (κ2) is 15.5. The van der Waals surface area contributed by atoms with Crippen LogP contribution in [0.5, 0.6) is 0 Å². The maximum atomic E-state index is 6.15. The van der Waals surface area contributed by atoms with Gasteiger partial charge in [-0.15, -0.1) is 0 Å². The minimum atomic E-state index is -1.92. The lowest BCUT2D eigenvalue weighted by Crippen LogP contribution is -2.49. The molecule has 8 rings (SSSR count). The molecule has 0 bridgehead atoms. The third kappa shape index (κ3) is 7.58. The summed E-state index contributed by atoms with van der Waals surface area (Å²) < 4.78 is 6.15. The highest BCUT2D eigenvalue weighted by Crippen LogP contribution is 2.68. The molecular weight excluding hydrogens is 633 g/mol. The third-order valence-corrected chi connectivity index (χ3v) is 21.4. The highest BCUT2D eigenvalue weighted by molar-refractivity contribution is 6.82. The molecule has 4 saturated carbocycles. The van der Waals surface area contributed by atoms with Crippen molar-refractivity contribution in [2.45, 2.75) is 140 Å². The Morgan fingerprint density at radius 3 is 1.45 bits per heavy atom. The number of hydrogen-bond acceptors (Lipinski definition) is 1. The second-order valence-corrected chi connectivity index (χ2v) is 24.6. The fourth-order valence-electron chi connectivity index (χ4n) is 13.3. The summed E-state index contributed by atoms with van der Waals surface area (Å²) in [4.78, 5) is 0. The maximum Gasteiger partial charge on any atom is 0.0598 e. The number of ether oxygens (including phenoxy) is 1. The lowest BCUT2D eigenvalue weighted by Gasteiger charge is -2.49. The first-order valence-corrected chi connectivity index (χ1v) is 24.8. The van der Waals surface area contributed by atoms with Gasteiger partial charge in [0.2, 0.25) is 0 Å². The molecule has 0 radical (unpaired) electrons. The molecule has 10 unspecified atom stereocenters. The smallest absolute Gasteiger partial charge is 0.0598 e. The number of unbranched alkanes of at least 4 members (excludes halogenated alkanes) is 3. The Balaban J connectivity index is 1.14. The summed E-state index contributed by atoms with van der Waals surface area (Å²) in [5.41, 5.74) is 4.97. The van der Waals surface area contributed by atoms with E-state index in [0.29, 0.717) is 47.3 Å². The average Bonchev–Trinajstić information content (AvgIpc) is 3.93. The van der Waals surface area contributed by atoms with Crippen LogP contribution in [0.4, 0.5) is 0 Å². The Kier molecular flexibility index (Phi) is 10.9. The van der Waals surface area contributed by atoms with Gasteiger partial charge >= 0.3 is 0 Å². The summed E-state index contributed by atoms with van der Waals surface area (Å²) in [6.07, 6.45) is 56.3. The van der Waals surface area contributed by atoms with E-state index in [1.807, 2.05) is 0 Å². The van der Waals surface area contributed by atoms with E-state index in [4.69, 9.17) is 4.74 Å². The summed E-state index contributed by atoms with van der Waals surface area (Å²) in [5.74, 6) is 7.29. The summed E-state index contributed by atoms with van der Waals surface area (Å²) in [6.45, 7) is 10.5. The van der Waals surface area contributed by atoms with Crippen LogP contribution >= 0.6 is 0 Å². The van der Waals surface area contributed by atoms with Crippen LogP contribution in [-0.2, 0) is 4.74 Å². The van der Waals surface area contributed by atoms with Crippen molar-refractivity contribution in [2.24, 2.45) is 59.2 Å². The summed E-state index contributed by atoms with van der Waals surface area (Å²) >= 11 is 0. The molecular formula is C49H70OSi. The Morgan fingerprint density at radius 1 is 0.549 bits per heavy atom. The van der Waals surface area contributed by atoms with Gasteiger partial charge in [0.1, 0.15) is 0 Å². The molecule has 0 heterocycles. The molecule has 0 N–H and O–H groups in total. The van der Waals surface area contributed by atoms with Crippen LogP contribution in [0.1, 0.15) is 111 Å². The van der Waals surface area contributed by atoms with Crippen molar-refractivity contribution in [1.82, 2.24) is 0 Å². The van der Waals surface area contributed by atoms with Crippen LogP contribution in [-0.4, -0.2) is 20.3 Å². The molecule has 8 aliphatic rings. The highest BCUT2D eigenvalue weighted by Gasteiger charge is 2.63. The van der Waals surface area contributed by atoms with Crippen molar-refractivity contribution in [3.05, 3.63) is 96.2 Å². The molecule has 0 spiro atoms. The molecule has 0 amide bonds. The summed E-state index contributed by atoms with van der Waals surface area (Å²) in [5, 5.41) is 0. The number of allylic oxidation sites excluding steroid dienone is 16. The largest absolute Gasteiger partial charge is 0.376 e. The van der Waals surface area contributed by atoms with Gasteiger partial charge in [-0.1, -0.05) is 179 Å². The van der Waals surface area contributed by atoms with Crippen LogP contribution < -0.4 is 0 Å². The Morgan fingerprint density at radius 2 is 0.980 bits per heavy atom. The van der Waals surface area contributed by atoms with Gasteiger partial charge in [-0.25, -0.2) is 0 Å². The van der Waals surface area contributed by atoms with Gasteiger partial charge in [-0.2, -0.15) is 0 Å². The quantitative estimate of drug-likeness (QED) is 0.137. The zero-order valence-electron chi connectivity index (χ0n) is 32.7. The molecule has 10 atom stereocenters. The maximum absolute atomic E-state index is 6.15. The number of fused-ring (bicyclic) bond motifs is 6. The van der Waals surface area contributed by atoms with Crippen molar-refractivity contribution in [3.8, 4) is 0 Å². The van der Waals surface area contributed by atoms with Crippen molar-refractivity contribution >= 4 is 8.07 Å².